The molecule has 0 radical (unpaired) electrons. The molecule has 0 spiro atoms. The van der Waals surface area contributed by atoms with Gasteiger partial charge in [0.1, 0.15) is 0 Å². The number of hydrogen-bond acceptors (Lipinski definition) is 4. The molecule has 0 aromatic heterocycles. The van der Waals surface area contributed by atoms with Crippen LogP contribution in [0.4, 0.5) is 11.4 Å². The predicted octanol–water partition coefficient (Wildman–Crippen LogP) is 1.71. The number of carbonyl (C=O) groups is 1. The van der Waals surface area contributed by atoms with Gasteiger partial charge in [0.15, 0.2) is 0 Å². The zero-order valence-corrected chi connectivity index (χ0v) is 11.7. The van der Waals surface area contributed by atoms with Crippen LogP contribution in [0.3, 0.4) is 0 Å². The Kier molecular flexibility index (Phi) is 5.19. The first kappa shape index (κ1) is 14.8. The molecule has 0 bridgehead atoms. The SMILES string of the molecule is CCN(CCC#N)c1cc(N)ccc1C(=O)N(C)C. The van der Waals surface area contributed by atoms with E-state index in [1.54, 1.807) is 32.3 Å². The summed E-state index contributed by atoms with van der Waals surface area (Å²) in [6, 6.07) is 7.37. The van der Waals surface area contributed by atoms with Crippen LogP contribution < -0.4 is 10.6 Å². The van der Waals surface area contributed by atoms with Crippen LogP contribution in [0, 0.1) is 11.3 Å². The predicted molar refractivity (Wildman–Crippen MR) is 77.0 cm³/mol. The van der Waals surface area contributed by atoms with E-state index in [0.717, 1.165) is 12.2 Å². The molecule has 0 unspecified atom stereocenters. The van der Waals surface area contributed by atoms with Gasteiger partial charge in [-0.25, -0.2) is 0 Å². The average molecular weight is 260 g/mol. The lowest BCUT2D eigenvalue weighted by atomic mass is 10.1. The summed E-state index contributed by atoms with van der Waals surface area (Å²) in [6.45, 7) is 3.30. The maximum Gasteiger partial charge on any atom is 0.255 e. The highest BCUT2D eigenvalue weighted by molar-refractivity contribution is 6.00. The average Bonchev–Trinajstić information content (AvgIpc) is 2.39. The Morgan fingerprint density at radius 2 is 2.11 bits per heavy atom. The number of nitrogen functional groups attached to an aromatic ring is 1. The molecule has 1 aromatic rings. The lowest BCUT2D eigenvalue weighted by molar-refractivity contribution is 0.0828. The number of nitriles is 1. The fraction of sp³-hybridized carbons (Fsp3) is 0.429. The van der Waals surface area contributed by atoms with Crippen molar-refractivity contribution in [3.05, 3.63) is 23.8 Å². The molecule has 19 heavy (non-hydrogen) atoms. The molecule has 0 saturated heterocycles. The van der Waals surface area contributed by atoms with E-state index in [0.29, 0.717) is 24.2 Å². The van der Waals surface area contributed by atoms with E-state index in [1.807, 2.05) is 11.8 Å². The topological polar surface area (TPSA) is 73.4 Å². The molecule has 1 aromatic carbocycles. The Morgan fingerprint density at radius 1 is 1.42 bits per heavy atom. The summed E-state index contributed by atoms with van der Waals surface area (Å²) in [7, 11) is 3.43. The molecule has 0 atom stereocenters. The molecular weight excluding hydrogens is 240 g/mol. The van der Waals surface area contributed by atoms with Gasteiger partial charge in [-0.1, -0.05) is 0 Å². The van der Waals surface area contributed by atoms with Crippen molar-refractivity contribution < 1.29 is 4.79 Å². The molecule has 0 saturated carbocycles. The van der Waals surface area contributed by atoms with Crippen LogP contribution in [0.15, 0.2) is 18.2 Å². The van der Waals surface area contributed by atoms with Crippen LogP contribution in [-0.2, 0) is 0 Å². The van der Waals surface area contributed by atoms with Crippen molar-refractivity contribution in [3.63, 3.8) is 0 Å². The van der Waals surface area contributed by atoms with Gasteiger partial charge in [0.25, 0.3) is 5.91 Å². The van der Waals surface area contributed by atoms with Gasteiger partial charge in [-0.05, 0) is 25.1 Å². The molecule has 1 rings (SSSR count). The van der Waals surface area contributed by atoms with Crippen molar-refractivity contribution in [2.24, 2.45) is 0 Å². The molecule has 102 valence electrons. The summed E-state index contributed by atoms with van der Waals surface area (Å²) in [5, 5.41) is 8.70. The fourth-order valence-corrected chi connectivity index (χ4v) is 1.87. The van der Waals surface area contributed by atoms with Crippen LogP contribution >= 0.6 is 0 Å². The van der Waals surface area contributed by atoms with E-state index < -0.39 is 0 Å². The van der Waals surface area contributed by atoms with Crippen LogP contribution in [0.25, 0.3) is 0 Å². The van der Waals surface area contributed by atoms with Crippen molar-refractivity contribution in [2.45, 2.75) is 13.3 Å². The minimum Gasteiger partial charge on any atom is -0.399 e. The van der Waals surface area contributed by atoms with Crippen molar-refractivity contribution >= 4 is 17.3 Å². The number of anilines is 2. The smallest absolute Gasteiger partial charge is 0.255 e. The minimum absolute atomic E-state index is 0.0644. The first-order chi connectivity index (χ1) is 9.01. The summed E-state index contributed by atoms with van der Waals surface area (Å²) in [5.41, 5.74) is 7.82. The number of benzene rings is 1. The zero-order chi connectivity index (χ0) is 14.4. The lowest BCUT2D eigenvalue weighted by Crippen LogP contribution is -2.29. The van der Waals surface area contributed by atoms with Crippen LogP contribution in [0.5, 0.6) is 0 Å². The standard InChI is InChI=1S/C14H20N4O/c1-4-18(9-5-8-15)13-10-11(16)6-7-12(13)14(19)17(2)3/h6-7,10H,4-5,9,16H2,1-3H3. The molecule has 0 heterocycles. The minimum atomic E-state index is -0.0644. The van der Waals surface area contributed by atoms with Gasteiger partial charge in [0, 0.05) is 32.9 Å². The van der Waals surface area contributed by atoms with E-state index in [2.05, 4.69) is 6.07 Å². The van der Waals surface area contributed by atoms with Crippen molar-refractivity contribution in [1.29, 1.82) is 5.26 Å². The fourth-order valence-electron chi connectivity index (χ4n) is 1.87. The second-order valence-electron chi connectivity index (χ2n) is 4.46. The van der Waals surface area contributed by atoms with Gasteiger partial charge >= 0.3 is 0 Å². The Labute approximate surface area is 114 Å². The summed E-state index contributed by atoms with van der Waals surface area (Å²) < 4.78 is 0. The van der Waals surface area contributed by atoms with Crippen LogP contribution in [0.1, 0.15) is 23.7 Å². The second-order valence-corrected chi connectivity index (χ2v) is 4.46. The summed E-state index contributed by atoms with van der Waals surface area (Å²) >= 11 is 0. The number of nitrogens with two attached hydrogens (primary N) is 1. The number of carbonyl (C=O) groups excluding carboxylic acids is 1. The van der Waals surface area contributed by atoms with Crippen molar-refractivity contribution in [2.75, 3.05) is 37.8 Å². The Balaban J connectivity index is 3.19. The van der Waals surface area contributed by atoms with Gasteiger partial charge in [0.05, 0.1) is 23.7 Å². The highest BCUT2D eigenvalue weighted by atomic mass is 16.2. The summed E-state index contributed by atoms with van der Waals surface area (Å²) in [5.74, 6) is -0.0644. The van der Waals surface area contributed by atoms with E-state index in [4.69, 9.17) is 11.0 Å². The first-order valence-corrected chi connectivity index (χ1v) is 6.24. The summed E-state index contributed by atoms with van der Waals surface area (Å²) in [6.07, 6.45) is 0.415. The Morgan fingerprint density at radius 3 is 2.63 bits per heavy atom. The molecule has 5 heteroatoms. The van der Waals surface area contributed by atoms with E-state index >= 15 is 0 Å². The zero-order valence-electron chi connectivity index (χ0n) is 11.7. The molecular formula is C14H20N4O. The highest BCUT2D eigenvalue weighted by Crippen LogP contribution is 2.24. The number of hydrogen-bond donors (Lipinski definition) is 1. The highest BCUT2D eigenvalue weighted by Gasteiger charge is 2.17. The van der Waals surface area contributed by atoms with Gasteiger partial charge in [0.2, 0.25) is 0 Å². The maximum atomic E-state index is 12.2. The van der Waals surface area contributed by atoms with Gasteiger partial charge < -0.3 is 15.5 Å². The van der Waals surface area contributed by atoms with Gasteiger partial charge in [-0.2, -0.15) is 5.26 Å². The molecule has 5 nitrogen and oxygen atoms in total. The van der Waals surface area contributed by atoms with Crippen LogP contribution in [0.2, 0.25) is 0 Å². The van der Waals surface area contributed by atoms with E-state index in [1.165, 1.54) is 4.90 Å². The largest absolute Gasteiger partial charge is 0.399 e. The van der Waals surface area contributed by atoms with Crippen molar-refractivity contribution in [3.8, 4) is 6.07 Å². The maximum absolute atomic E-state index is 12.2. The monoisotopic (exact) mass is 260 g/mol. The van der Waals surface area contributed by atoms with Crippen LogP contribution in [-0.4, -0.2) is 38.0 Å². The quantitative estimate of drug-likeness (QED) is 0.818. The Bertz CT molecular complexity index is 491. The van der Waals surface area contributed by atoms with Crippen molar-refractivity contribution in [1.82, 2.24) is 4.90 Å². The van der Waals surface area contributed by atoms with E-state index in [9.17, 15) is 4.79 Å². The number of amides is 1. The molecule has 0 aliphatic carbocycles. The molecule has 2 N–H and O–H groups in total. The number of rotatable bonds is 5. The molecule has 0 aliphatic rings. The molecule has 1 amide bonds. The van der Waals surface area contributed by atoms with Gasteiger partial charge in [-0.3, -0.25) is 4.79 Å². The third-order valence-corrected chi connectivity index (χ3v) is 2.87. The number of nitrogens with zero attached hydrogens (tertiary/aromatic N) is 3. The summed E-state index contributed by atoms with van der Waals surface area (Å²) in [4.78, 5) is 15.7. The van der Waals surface area contributed by atoms with Gasteiger partial charge in [-0.15, -0.1) is 0 Å². The Hall–Kier alpha value is -2.22. The lowest BCUT2D eigenvalue weighted by Gasteiger charge is -2.25. The third-order valence-electron chi connectivity index (χ3n) is 2.87. The molecule has 0 aliphatic heterocycles. The first-order valence-electron chi connectivity index (χ1n) is 6.24. The normalized spacial score (nSPS) is 9.79. The molecule has 0 fully saturated rings. The third kappa shape index (κ3) is 3.62. The second kappa shape index (κ2) is 6.64. The van der Waals surface area contributed by atoms with E-state index in [-0.39, 0.29) is 5.91 Å².